The van der Waals surface area contributed by atoms with Gasteiger partial charge in [-0.1, -0.05) is 29.8 Å². The fourth-order valence-electron chi connectivity index (χ4n) is 3.66. The Bertz CT molecular complexity index is 868. The summed E-state index contributed by atoms with van der Waals surface area (Å²) in [5.41, 5.74) is 1.70. The molecule has 0 spiro atoms. The molecule has 2 aromatic rings. The van der Waals surface area contributed by atoms with Crippen LogP contribution in [0.2, 0.25) is 5.02 Å². The number of amides is 2. The average Bonchev–Trinajstić information content (AvgIpc) is 3.14. The Morgan fingerprint density at radius 1 is 1.27 bits per heavy atom. The Balaban J connectivity index is 0.00000240. The molecule has 6 nitrogen and oxygen atoms in total. The van der Waals surface area contributed by atoms with Crippen LogP contribution < -0.4 is 34.9 Å². The van der Waals surface area contributed by atoms with Gasteiger partial charge in [0, 0.05) is 36.1 Å². The number of carbonyl (C=O) groups excluding carboxylic acids is 1. The molecule has 2 amide bonds. The maximum Gasteiger partial charge on any atom is 1.00 e. The van der Waals surface area contributed by atoms with Crippen molar-refractivity contribution in [2.75, 3.05) is 11.9 Å². The van der Waals surface area contributed by atoms with E-state index < -0.39 is 5.97 Å². The standard InChI is InChI=1S/C22H24ClN3O3.Na.H/c23-18-8-10-19(11-9-18)25-22(29)26-14-12-16(5-2-1-3-7-20(27)28)21(26)17-6-4-13-24-15-17;;/h1-2,4,6,8-11,13,15-16,21H,3,5,7,12,14H2,(H,25,29)(H,27,28);;/q;+1;-1/b2-1-;;/t16-,21+;;/m1../s1. The number of aromatic nitrogens is 1. The fourth-order valence-corrected chi connectivity index (χ4v) is 3.78. The van der Waals surface area contributed by atoms with E-state index in [-0.39, 0.29) is 55.4 Å². The van der Waals surface area contributed by atoms with Crippen molar-refractivity contribution in [3.8, 4) is 0 Å². The van der Waals surface area contributed by atoms with Crippen molar-refractivity contribution in [3.05, 3.63) is 71.5 Å². The zero-order valence-electron chi connectivity index (χ0n) is 18.0. The molecule has 3 rings (SSSR count). The van der Waals surface area contributed by atoms with Gasteiger partial charge in [0.2, 0.25) is 0 Å². The van der Waals surface area contributed by atoms with Gasteiger partial charge in [-0.15, -0.1) is 0 Å². The van der Waals surface area contributed by atoms with Crippen molar-refractivity contribution in [2.45, 2.75) is 31.7 Å². The van der Waals surface area contributed by atoms with E-state index in [1.165, 1.54) is 0 Å². The van der Waals surface area contributed by atoms with Crippen molar-refractivity contribution in [1.82, 2.24) is 9.88 Å². The first-order valence-electron chi connectivity index (χ1n) is 9.64. The second kappa shape index (κ2) is 12.1. The molecule has 154 valence electrons. The molecule has 2 atom stereocenters. The van der Waals surface area contributed by atoms with Crippen LogP contribution in [0, 0.1) is 5.92 Å². The summed E-state index contributed by atoms with van der Waals surface area (Å²) in [6.45, 7) is 0.645. The van der Waals surface area contributed by atoms with Crippen molar-refractivity contribution < 1.29 is 45.7 Å². The first-order chi connectivity index (χ1) is 14.0. The van der Waals surface area contributed by atoms with E-state index in [1.54, 1.807) is 36.7 Å². The van der Waals surface area contributed by atoms with Gasteiger partial charge < -0.3 is 16.7 Å². The second-order valence-corrected chi connectivity index (χ2v) is 7.49. The van der Waals surface area contributed by atoms with E-state index in [2.05, 4.69) is 10.3 Å². The molecule has 8 heteroatoms. The van der Waals surface area contributed by atoms with E-state index >= 15 is 0 Å². The molecule has 2 N–H and O–H groups in total. The molecule has 0 aliphatic carbocycles. The van der Waals surface area contributed by atoms with Crippen molar-refractivity contribution >= 4 is 29.3 Å². The molecule has 1 aromatic heterocycles. The van der Waals surface area contributed by atoms with Crippen LogP contribution in [0.1, 0.15) is 38.7 Å². The SMILES string of the molecule is O=C(O)CC/C=C\C[C@@H]1CCN(C(=O)Nc2ccc(Cl)cc2)[C@@H]1c1cccnc1.[H-].[Na+]. The van der Waals surface area contributed by atoms with Crippen molar-refractivity contribution in [2.24, 2.45) is 5.92 Å². The predicted octanol–water partition coefficient (Wildman–Crippen LogP) is 2.26. The van der Waals surface area contributed by atoms with Gasteiger partial charge in [0.1, 0.15) is 0 Å². The molecule has 1 saturated heterocycles. The number of hydrogen-bond donors (Lipinski definition) is 2. The number of rotatable bonds is 7. The molecule has 30 heavy (non-hydrogen) atoms. The van der Waals surface area contributed by atoms with Crippen LogP contribution in [0.4, 0.5) is 10.5 Å². The summed E-state index contributed by atoms with van der Waals surface area (Å²) in [4.78, 5) is 29.7. The maximum atomic E-state index is 13.0. The molecule has 1 fully saturated rings. The maximum absolute atomic E-state index is 13.0. The van der Waals surface area contributed by atoms with Gasteiger partial charge in [-0.3, -0.25) is 9.78 Å². The minimum absolute atomic E-state index is 0. The monoisotopic (exact) mass is 437 g/mol. The predicted molar refractivity (Wildman–Crippen MR) is 114 cm³/mol. The number of carboxylic acid groups (broad SMARTS) is 1. The Morgan fingerprint density at radius 3 is 2.70 bits per heavy atom. The third-order valence-electron chi connectivity index (χ3n) is 5.04. The Labute approximate surface area is 205 Å². The normalized spacial score (nSPS) is 18.2. The molecule has 0 radical (unpaired) electrons. The molecule has 1 aromatic carbocycles. The van der Waals surface area contributed by atoms with Crippen LogP contribution in [0.15, 0.2) is 60.9 Å². The zero-order chi connectivity index (χ0) is 20.6. The number of anilines is 1. The Kier molecular flexibility index (Phi) is 9.85. The van der Waals surface area contributed by atoms with Crippen LogP contribution in [-0.2, 0) is 4.79 Å². The number of carboxylic acids is 1. The van der Waals surface area contributed by atoms with Crippen molar-refractivity contribution in [3.63, 3.8) is 0 Å². The zero-order valence-corrected chi connectivity index (χ0v) is 19.8. The first kappa shape index (κ1) is 24.4. The summed E-state index contributed by atoms with van der Waals surface area (Å²) in [7, 11) is 0. The average molecular weight is 438 g/mol. The van der Waals surface area contributed by atoms with Gasteiger partial charge in [0.15, 0.2) is 0 Å². The fraction of sp³-hybridized carbons (Fsp3) is 0.318. The largest absolute Gasteiger partial charge is 1.00 e. The molecule has 0 bridgehead atoms. The Hall–Kier alpha value is -1.86. The number of urea groups is 1. The molecular formula is C22H25ClN3NaO3. The van der Waals surface area contributed by atoms with Gasteiger partial charge in [-0.2, -0.15) is 0 Å². The number of allylic oxidation sites excluding steroid dienone is 2. The number of likely N-dealkylation sites (tertiary alicyclic amines) is 1. The van der Waals surface area contributed by atoms with Gasteiger partial charge in [0.25, 0.3) is 0 Å². The molecular weight excluding hydrogens is 413 g/mol. The number of benzene rings is 1. The van der Waals surface area contributed by atoms with Crippen LogP contribution in [0.5, 0.6) is 0 Å². The number of hydrogen-bond acceptors (Lipinski definition) is 3. The smallest absolute Gasteiger partial charge is 1.00 e. The van der Waals surface area contributed by atoms with E-state index in [9.17, 15) is 9.59 Å². The summed E-state index contributed by atoms with van der Waals surface area (Å²) in [5.74, 6) is -0.551. The Morgan fingerprint density at radius 2 is 2.03 bits per heavy atom. The molecule has 0 unspecified atom stereocenters. The number of carbonyl (C=O) groups is 2. The summed E-state index contributed by atoms with van der Waals surface area (Å²) in [5, 5.41) is 12.3. The number of nitrogens with zero attached hydrogens (tertiary/aromatic N) is 2. The first-order valence-corrected chi connectivity index (χ1v) is 10.0. The third-order valence-corrected chi connectivity index (χ3v) is 5.29. The molecule has 0 saturated carbocycles. The van der Waals surface area contributed by atoms with E-state index in [0.717, 1.165) is 18.4 Å². The number of aliphatic carboxylic acids is 1. The summed E-state index contributed by atoms with van der Waals surface area (Å²) in [6.07, 6.45) is 9.75. The van der Waals surface area contributed by atoms with Gasteiger partial charge in [-0.05, 0) is 61.1 Å². The molecule has 2 heterocycles. The van der Waals surface area contributed by atoms with E-state index in [4.69, 9.17) is 16.7 Å². The van der Waals surface area contributed by atoms with Gasteiger partial charge >= 0.3 is 41.6 Å². The number of pyridine rings is 1. The van der Waals surface area contributed by atoms with Gasteiger partial charge in [-0.25, -0.2) is 4.79 Å². The number of nitrogens with one attached hydrogen (secondary N) is 1. The third kappa shape index (κ3) is 6.84. The van der Waals surface area contributed by atoms with E-state index in [1.807, 2.05) is 29.2 Å². The quantitative estimate of drug-likeness (QED) is 0.514. The second-order valence-electron chi connectivity index (χ2n) is 7.05. The summed E-state index contributed by atoms with van der Waals surface area (Å²) < 4.78 is 0. The van der Waals surface area contributed by atoms with Crippen LogP contribution in [0.3, 0.4) is 0 Å². The van der Waals surface area contributed by atoms with Gasteiger partial charge in [0.05, 0.1) is 6.04 Å². The van der Waals surface area contributed by atoms with Crippen molar-refractivity contribution in [1.29, 1.82) is 0 Å². The van der Waals surface area contributed by atoms with E-state index in [0.29, 0.717) is 23.7 Å². The van der Waals surface area contributed by atoms with Crippen LogP contribution in [0.25, 0.3) is 0 Å². The topological polar surface area (TPSA) is 82.5 Å². The summed E-state index contributed by atoms with van der Waals surface area (Å²) >= 11 is 5.92. The molecule has 1 aliphatic heterocycles. The summed E-state index contributed by atoms with van der Waals surface area (Å²) in [6, 6.07) is 10.7. The van der Waals surface area contributed by atoms with Crippen LogP contribution in [-0.4, -0.2) is 33.5 Å². The minimum atomic E-state index is -0.797. The minimum Gasteiger partial charge on any atom is -1.00 e. The van der Waals surface area contributed by atoms with Crippen LogP contribution >= 0.6 is 11.6 Å². The number of halogens is 1. The molecule has 1 aliphatic rings.